The van der Waals surface area contributed by atoms with E-state index < -0.39 is 0 Å². The molecule has 1 aliphatic carbocycles. The average molecular weight is 337 g/mol. The second kappa shape index (κ2) is 6.70. The molecule has 1 heterocycles. The highest BCUT2D eigenvalue weighted by molar-refractivity contribution is 6.30. The number of piperidine rings is 1. The van der Waals surface area contributed by atoms with Gasteiger partial charge in [0.25, 0.3) is 0 Å². The summed E-state index contributed by atoms with van der Waals surface area (Å²) in [6.07, 6.45) is 3.71. The van der Waals surface area contributed by atoms with Crippen LogP contribution in [0.5, 0.6) is 0 Å². The summed E-state index contributed by atoms with van der Waals surface area (Å²) in [7, 11) is 0. The lowest BCUT2D eigenvalue weighted by molar-refractivity contribution is 0.0797. The van der Waals surface area contributed by atoms with Crippen LogP contribution in [0.3, 0.4) is 0 Å². The van der Waals surface area contributed by atoms with Gasteiger partial charge in [-0.2, -0.15) is 0 Å². The van der Waals surface area contributed by atoms with Crippen LogP contribution in [0.1, 0.15) is 38.2 Å². The maximum atomic E-state index is 12.4. The van der Waals surface area contributed by atoms with E-state index in [0.29, 0.717) is 12.5 Å². The second-order valence-corrected chi connectivity index (χ2v) is 7.45. The number of nitrogens with zero attached hydrogens (tertiary/aromatic N) is 1. The molecule has 1 atom stereocenters. The van der Waals surface area contributed by atoms with E-state index in [-0.39, 0.29) is 17.6 Å². The summed E-state index contributed by atoms with van der Waals surface area (Å²) in [4.78, 5) is 14.2. The maximum absolute atomic E-state index is 12.4. The Bertz CT molecular complexity index is 547. The van der Waals surface area contributed by atoms with Crippen LogP contribution < -0.4 is 5.32 Å². The molecule has 5 heteroatoms. The molecule has 126 valence electrons. The normalized spacial score (nSPS) is 21.8. The standard InChI is InChI=1S/C18H25ClN2O2/c1-13(22)14-6-10-21(11-7-14)17(23)20-12-18(8-9-18)15-2-4-16(19)5-3-15/h2-5,13-14,22H,6-12H2,1H3,(H,20,23). The first-order chi connectivity index (χ1) is 11.0. The van der Waals surface area contributed by atoms with Gasteiger partial charge in [0, 0.05) is 30.1 Å². The minimum absolute atomic E-state index is 0.0225. The fourth-order valence-corrected chi connectivity index (χ4v) is 3.59. The Balaban J connectivity index is 1.51. The van der Waals surface area contributed by atoms with Gasteiger partial charge in [0.05, 0.1) is 6.10 Å². The Kier molecular flexibility index (Phi) is 4.83. The van der Waals surface area contributed by atoms with E-state index in [4.69, 9.17) is 11.6 Å². The second-order valence-electron chi connectivity index (χ2n) is 7.01. The summed E-state index contributed by atoms with van der Waals surface area (Å²) in [5.74, 6) is 0.322. The van der Waals surface area contributed by atoms with E-state index in [1.54, 1.807) is 0 Å². The van der Waals surface area contributed by atoms with Crippen molar-refractivity contribution >= 4 is 17.6 Å². The molecule has 2 N–H and O–H groups in total. The fourth-order valence-electron chi connectivity index (χ4n) is 3.46. The molecule has 2 fully saturated rings. The van der Waals surface area contributed by atoms with E-state index in [0.717, 1.165) is 43.8 Å². The molecule has 1 aromatic rings. The van der Waals surface area contributed by atoms with Crippen LogP contribution >= 0.6 is 11.6 Å². The molecule has 0 radical (unpaired) electrons. The third-order valence-electron chi connectivity index (χ3n) is 5.40. The molecular weight excluding hydrogens is 312 g/mol. The highest BCUT2D eigenvalue weighted by Crippen LogP contribution is 2.47. The number of likely N-dealkylation sites (tertiary alicyclic amines) is 1. The Hall–Kier alpha value is -1.26. The summed E-state index contributed by atoms with van der Waals surface area (Å²) in [6.45, 7) is 3.98. The zero-order valence-electron chi connectivity index (χ0n) is 13.6. The monoisotopic (exact) mass is 336 g/mol. The van der Waals surface area contributed by atoms with Gasteiger partial charge in [-0.25, -0.2) is 4.79 Å². The van der Waals surface area contributed by atoms with Crippen molar-refractivity contribution in [3.05, 3.63) is 34.9 Å². The summed E-state index contributed by atoms with van der Waals surface area (Å²) in [5.41, 5.74) is 1.35. The van der Waals surface area contributed by atoms with E-state index in [2.05, 4.69) is 17.4 Å². The van der Waals surface area contributed by atoms with Gasteiger partial charge >= 0.3 is 6.03 Å². The molecule has 1 saturated carbocycles. The zero-order chi connectivity index (χ0) is 16.4. The number of nitrogens with one attached hydrogen (secondary N) is 1. The Labute approximate surface area is 142 Å². The van der Waals surface area contributed by atoms with Crippen molar-refractivity contribution in [2.45, 2.75) is 44.1 Å². The molecule has 0 spiro atoms. The molecule has 3 rings (SSSR count). The Morgan fingerprint density at radius 1 is 1.35 bits per heavy atom. The number of urea groups is 1. The molecule has 1 aliphatic heterocycles. The third kappa shape index (κ3) is 3.81. The van der Waals surface area contributed by atoms with E-state index >= 15 is 0 Å². The van der Waals surface area contributed by atoms with Gasteiger partial charge < -0.3 is 15.3 Å². The largest absolute Gasteiger partial charge is 0.393 e. The lowest BCUT2D eigenvalue weighted by atomic mass is 9.92. The fraction of sp³-hybridized carbons (Fsp3) is 0.611. The molecular formula is C18H25ClN2O2. The van der Waals surface area contributed by atoms with Gasteiger partial charge in [0.1, 0.15) is 0 Å². The number of hydrogen-bond donors (Lipinski definition) is 2. The molecule has 2 aliphatic rings. The van der Waals surface area contributed by atoms with Crippen molar-refractivity contribution in [1.82, 2.24) is 10.2 Å². The van der Waals surface area contributed by atoms with Crippen LogP contribution in [0.4, 0.5) is 4.79 Å². The van der Waals surface area contributed by atoms with Crippen molar-refractivity contribution in [2.75, 3.05) is 19.6 Å². The van der Waals surface area contributed by atoms with E-state index in [1.807, 2.05) is 24.0 Å². The van der Waals surface area contributed by atoms with Crippen LogP contribution in [0.25, 0.3) is 0 Å². The van der Waals surface area contributed by atoms with Crippen LogP contribution in [-0.4, -0.2) is 41.8 Å². The van der Waals surface area contributed by atoms with Crippen molar-refractivity contribution in [1.29, 1.82) is 0 Å². The van der Waals surface area contributed by atoms with E-state index in [9.17, 15) is 9.90 Å². The Morgan fingerprint density at radius 2 is 1.96 bits per heavy atom. The summed E-state index contributed by atoms with van der Waals surface area (Å²) in [6, 6.07) is 7.99. The Morgan fingerprint density at radius 3 is 2.48 bits per heavy atom. The number of carbonyl (C=O) groups excluding carboxylic acids is 1. The molecule has 1 saturated heterocycles. The smallest absolute Gasteiger partial charge is 0.317 e. The lowest BCUT2D eigenvalue weighted by Crippen LogP contribution is -2.47. The quantitative estimate of drug-likeness (QED) is 0.887. The van der Waals surface area contributed by atoms with Crippen molar-refractivity contribution in [2.24, 2.45) is 5.92 Å². The molecule has 2 amide bonds. The maximum Gasteiger partial charge on any atom is 0.317 e. The molecule has 0 aromatic heterocycles. The van der Waals surface area contributed by atoms with Crippen LogP contribution in [0.15, 0.2) is 24.3 Å². The van der Waals surface area contributed by atoms with Crippen molar-refractivity contribution < 1.29 is 9.90 Å². The van der Waals surface area contributed by atoms with Gasteiger partial charge in [-0.05, 0) is 56.2 Å². The summed E-state index contributed by atoms with van der Waals surface area (Å²) in [5, 5.41) is 13.5. The van der Waals surface area contributed by atoms with Gasteiger partial charge in [-0.15, -0.1) is 0 Å². The van der Waals surface area contributed by atoms with Crippen LogP contribution in [-0.2, 0) is 5.41 Å². The van der Waals surface area contributed by atoms with Crippen LogP contribution in [0.2, 0.25) is 5.02 Å². The topological polar surface area (TPSA) is 52.6 Å². The lowest BCUT2D eigenvalue weighted by Gasteiger charge is -2.33. The van der Waals surface area contributed by atoms with Crippen molar-refractivity contribution in [3.8, 4) is 0 Å². The summed E-state index contributed by atoms with van der Waals surface area (Å²) < 4.78 is 0. The first kappa shape index (κ1) is 16.6. The molecule has 1 unspecified atom stereocenters. The SMILES string of the molecule is CC(O)C1CCN(C(=O)NCC2(c3ccc(Cl)cc3)CC2)CC1. The van der Waals surface area contributed by atoms with Gasteiger partial charge in [-0.1, -0.05) is 23.7 Å². The van der Waals surface area contributed by atoms with Crippen molar-refractivity contribution in [3.63, 3.8) is 0 Å². The molecule has 0 bridgehead atoms. The first-order valence-electron chi connectivity index (χ1n) is 8.47. The average Bonchev–Trinajstić information content (AvgIpc) is 3.34. The van der Waals surface area contributed by atoms with Gasteiger partial charge in [0.15, 0.2) is 0 Å². The molecule has 4 nitrogen and oxygen atoms in total. The number of aliphatic hydroxyl groups excluding tert-OH is 1. The minimum Gasteiger partial charge on any atom is -0.393 e. The number of benzene rings is 1. The summed E-state index contributed by atoms with van der Waals surface area (Å²) >= 11 is 5.95. The predicted octanol–water partition coefficient (Wildman–Crippen LogP) is 3.17. The van der Waals surface area contributed by atoms with E-state index in [1.165, 1.54) is 5.56 Å². The highest BCUT2D eigenvalue weighted by Gasteiger charge is 2.44. The number of halogens is 1. The third-order valence-corrected chi connectivity index (χ3v) is 5.65. The molecule has 1 aromatic carbocycles. The van der Waals surface area contributed by atoms with Crippen LogP contribution in [0, 0.1) is 5.92 Å². The minimum atomic E-state index is -0.278. The number of carbonyl (C=O) groups is 1. The first-order valence-corrected chi connectivity index (χ1v) is 8.85. The number of hydrogen-bond acceptors (Lipinski definition) is 2. The number of aliphatic hydroxyl groups is 1. The van der Waals surface area contributed by atoms with Gasteiger partial charge in [-0.3, -0.25) is 0 Å². The number of rotatable bonds is 4. The number of amides is 2. The zero-order valence-corrected chi connectivity index (χ0v) is 14.4. The predicted molar refractivity (Wildman–Crippen MR) is 91.7 cm³/mol. The highest BCUT2D eigenvalue weighted by atomic mass is 35.5. The molecule has 23 heavy (non-hydrogen) atoms. The van der Waals surface area contributed by atoms with Gasteiger partial charge in [0.2, 0.25) is 0 Å².